The molecule has 0 saturated carbocycles. The average molecular weight is 580 g/mol. The van der Waals surface area contributed by atoms with Gasteiger partial charge < -0.3 is 24.6 Å². The van der Waals surface area contributed by atoms with Crippen LogP contribution in [0.15, 0.2) is 43.1 Å². The summed E-state index contributed by atoms with van der Waals surface area (Å²) in [7, 11) is 3.22. The molecule has 2 atom stereocenters. The SMILES string of the molecule is C=CC(=O)N1CC(Nc2ncc3cc(-c4c(Cl)c(OC)cc(OC)c4CC)ccc3n2)CC1C(=O)N1CCC1.CC. The third-order valence-electron chi connectivity index (χ3n) is 7.50. The molecule has 2 aromatic carbocycles. The van der Waals surface area contributed by atoms with Gasteiger partial charge in [-0.2, -0.15) is 0 Å². The molecule has 0 aliphatic carbocycles. The number of nitrogens with one attached hydrogen (secondary N) is 1. The standard InChI is InChI=1S/C29H32ClN5O4.C2H6/c1-5-20-23(38-3)14-24(39-4)27(30)26(20)17-8-9-21-18(12-17)15-31-29(33-21)32-19-13-22(28(37)34-10-7-11-34)35(16-19)25(36)6-2;1-2/h6,8-9,12,14-15,19,22H,2,5,7,10-11,13,16H2,1,3-4H3,(H,31,32,33);1-2H3. The summed E-state index contributed by atoms with van der Waals surface area (Å²) in [4.78, 5) is 38.1. The summed E-state index contributed by atoms with van der Waals surface area (Å²) >= 11 is 6.76. The van der Waals surface area contributed by atoms with Crippen molar-refractivity contribution in [3.05, 3.63) is 53.7 Å². The summed E-state index contributed by atoms with van der Waals surface area (Å²) in [5, 5.41) is 4.70. The second-order valence-corrected chi connectivity index (χ2v) is 10.1. The number of ether oxygens (including phenoxy) is 2. The number of hydrogen-bond acceptors (Lipinski definition) is 7. The van der Waals surface area contributed by atoms with Crippen LogP contribution in [0, 0.1) is 0 Å². The van der Waals surface area contributed by atoms with Gasteiger partial charge in [-0.25, -0.2) is 9.97 Å². The topological polar surface area (TPSA) is 96.9 Å². The van der Waals surface area contributed by atoms with Gasteiger partial charge in [0.2, 0.25) is 17.8 Å². The van der Waals surface area contributed by atoms with Crippen LogP contribution in [-0.4, -0.2) is 77.5 Å². The van der Waals surface area contributed by atoms with Crippen molar-refractivity contribution >= 4 is 40.3 Å². The summed E-state index contributed by atoms with van der Waals surface area (Å²) in [6.07, 6.45) is 5.24. The molecule has 2 fully saturated rings. The summed E-state index contributed by atoms with van der Waals surface area (Å²) in [6.45, 7) is 11.5. The minimum Gasteiger partial charge on any atom is -0.496 e. The van der Waals surface area contributed by atoms with Gasteiger partial charge in [-0.05, 0) is 43.0 Å². The minimum absolute atomic E-state index is 0.00742. The third-order valence-corrected chi connectivity index (χ3v) is 7.88. The number of carbonyl (C=O) groups excluding carboxylic acids is 2. The maximum Gasteiger partial charge on any atom is 0.246 e. The fraction of sp³-hybridized carbons (Fsp3) is 0.419. The number of anilines is 1. The van der Waals surface area contributed by atoms with Gasteiger partial charge in [0, 0.05) is 54.5 Å². The van der Waals surface area contributed by atoms with E-state index in [0.29, 0.717) is 29.7 Å². The predicted octanol–water partition coefficient (Wildman–Crippen LogP) is 5.36. The predicted molar refractivity (Wildman–Crippen MR) is 163 cm³/mol. The van der Waals surface area contributed by atoms with Crippen LogP contribution in [0.1, 0.15) is 39.2 Å². The normalized spacial score (nSPS) is 17.8. The number of aromatic nitrogens is 2. The van der Waals surface area contributed by atoms with Crippen LogP contribution >= 0.6 is 11.6 Å². The van der Waals surface area contributed by atoms with Crippen molar-refractivity contribution in [1.29, 1.82) is 0 Å². The zero-order chi connectivity index (χ0) is 29.7. The molecular formula is C31H38ClN5O4. The molecule has 9 nitrogen and oxygen atoms in total. The van der Waals surface area contributed by atoms with Crippen LogP contribution < -0.4 is 14.8 Å². The number of likely N-dealkylation sites (tertiary alicyclic amines) is 2. The molecule has 2 saturated heterocycles. The van der Waals surface area contributed by atoms with Crippen molar-refractivity contribution in [3.63, 3.8) is 0 Å². The first-order chi connectivity index (χ1) is 19.9. The molecule has 5 rings (SSSR count). The van der Waals surface area contributed by atoms with Gasteiger partial charge in [0.25, 0.3) is 0 Å². The average Bonchev–Trinajstić information content (AvgIpc) is 3.40. The quantitative estimate of drug-likeness (QED) is 0.359. The molecule has 2 unspecified atom stereocenters. The van der Waals surface area contributed by atoms with Crippen molar-refractivity contribution in [2.45, 2.75) is 52.1 Å². The lowest BCUT2D eigenvalue weighted by Gasteiger charge is -2.35. The highest BCUT2D eigenvalue weighted by Crippen LogP contribution is 2.44. The molecule has 1 N–H and O–H groups in total. The monoisotopic (exact) mass is 579 g/mol. The fourth-order valence-electron chi connectivity index (χ4n) is 5.35. The number of amides is 2. The third kappa shape index (κ3) is 5.95. The van der Waals surface area contributed by atoms with Gasteiger partial charge in [-0.1, -0.05) is 45.0 Å². The molecule has 2 amide bonds. The van der Waals surface area contributed by atoms with Crippen molar-refractivity contribution in [1.82, 2.24) is 19.8 Å². The number of benzene rings is 2. The molecule has 2 aliphatic rings. The Labute approximate surface area is 246 Å². The van der Waals surface area contributed by atoms with Crippen LogP contribution in [0.4, 0.5) is 5.95 Å². The number of rotatable bonds is 8. The molecule has 0 radical (unpaired) electrons. The lowest BCUT2D eigenvalue weighted by atomic mass is 9.95. The van der Waals surface area contributed by atoms with E-state index in [2.05, 4.69) is 23.8 Å². The molecule has 41 heavy (non-hydrogen) atoms. The van der Waals surface area contributed by atoms with Gasteiger partial charge in [0.05, 0.1) is 24.8 Å². The summed E-state index contributed by atoms with van der Waals surface area (Å²) in [5.41, 5.74) is 3.51. The highest BCUT2D eigenvalue weighted by molar-refractivity contribution is 6.35. The molecule has 10 heteroatoms. The Kier molecular flexibility index (Phi) is 9.70. The van der Waals surface area contributed by atoms with Crippen molar-refractivity contribution in [2.75, 3.05) is 39.2 Å². The summed E-state index contributed by atoms with van der Waals surface area (Å²) in [6, 6.07) is 7.05. The lowest BCUT2D eigenvalue weighted by molar-refractivity contribution is -0.144. The second-order valence-electron chi connectivity index (χ2n) is 9.74. The first-order valence-electron chi connectivity index (χ1n) is 14.1. The molecule has 1 aromatic heterocycles. The van der Waals surface area contributed by atoms with E-state index >= 15 is 0 Å². The van der Waals surface area contributed by atoms with E-state index in [9.17, 15) is 9.59 Å². The molecule has 3 heterocycles. The number of hydrogen-bond donors (Lipinski definition) is 1. The lowest BCUT2D eigenvalue weighted by Crippen LogP contribution is -2.52. The Morgan fingerprint density at radius 2 is 1.90 bits per heavy atom. The van der Waals surface area contributed by atoms with E-state index in [-0.39, 0.29) is 17.9 Å². The first kappa shape index (κ1) is 30.1. The Balaban J connectivity index is 0.00000189. The van der Waals surface area contributed by atoms with Gasteiger partial charge >= 0.3 is 0 Å². The number of fused-ring (bicyclic) bond motifs is 1. The molecule has 2 aliphatic heterocycles. The second kappa shape index (κ2) is 13.2. The zero-order valence-electron chi connectivity index (χ0n) is 24.4. The molecule has 218 valence electrons. The smallest absolute Gasteiger partial charge is 0.246 e. The van der Waals surface area contributed by atoms with Crippen molar-refractivity contribution < 1.29 is 19.1 Å². The molecule has 0 bridgehead atoms. The van der Waals surface area contributed by atoms with E-state index in [1.54, 1.807) is 36.3 Å². The zero-order valence-corrected chi connectivity index (χ0v) is 25.1. The van der Waals surface area contributed by atoms with E-state index in [1.807, 2.05) is 32.0 Å². The fourth-order valence-corrected chi connectivity index (χ4v) is 5.71. The highest BCUT2D eigenvalue weighted by Gasteiger charge is 2.41. The number of nitrogens with zero attached hydrogens (tertiary/aromatic N) is 4. The van der Waals surface area contributed by atoms with E-state index in [4.69, 9.17) is 26.1 Å². The Morgan fingerprint density at radius 3 is 2.51 bits per heavy atom. The van der Waals surface area contributed by atoms with Crippen LogP contribution in [0.5, 0.6) is 11.5 Å². The van der Waals surface area contributed by atoms with E-state index in [0.717, 1.165) is 59.3 Å². The van der Waals surface area contributed by atoms with Gasteiger partial charge in [0.15, 0.2) is 0 Å². The van der Waals surface area contributed by atoms with Crippen LogP contribution in [0.25, 0.3) is 22.0 Å². The van der Waals surface area contributed by atoms with Crippen LogP contribution in [0.3, 0.4) is 0 Å². The van der Waals surface area contributed by atoms with E-state index in [1.165, 1.54) is 6.08 Å². The minimum atomic E-state index is -0.506. The summed E-state index contributed by atoms with van der Waals surface area (Å²) < 4.78 is 11.1. The first-order valence-corrected chi connectivity index (χ1v) is 14.4. The maximum absolute atomic E-state index is 12.9. The maximum atomic E-state index is 12.9. The largest absolute Gasteiger partial charge is 0.496 e. The highest BCUT2D eigenvalue weighted by atomic mass is 35.5. The Bertz CT molecular complexity index is 1440. The number of halogens is 1. The molecule has 3 aromatic rings. The van der Waals surface area contributed by atoms with E-state index < -0.39 is 6.04 Å². The van der Waals surface area contributed by atoms with Gasteiger partial charge in [-0.15, -0.1) is 0 Å². The van der Waals surface area contributed by atoms with Gasteiger partial charge in [0.1, 0.15) is 17.5 Å². The van der Waals surface area contributed by atoms with Crippen LogP contribution in [-0.2, 0) is 16.0 Å². The van der Waals surface area contributed by atoms with Crippen molar-refractivity contribution in [3.8, 4) is 22.6 Å². The summed E-state index contributed by atoms with van der Waals surface area (Å²) in [5.74, 6) is 1.45. The number of carbonyl (C=O) groups is 2. The molecular weight excluding hydrogens is 542 g/mol. The van der Waals surface area contributed by atoms with Crippen LogP contribution in [0.2, 0.25) is 5.02 Å². The molecule has 0 spiro atoms. The number of methoxy groups -OCH3 is 2. The Morgan fingerprint density at radius 1 is 1.17 bits per heavy atom. The van der Waals surface area contributed by atoms with Crippen molar-refractivity contribution in [2.24, 2.45) is 0 Å². The Hall–Kier alpha value is -3.85. The van der Waals surface area contributed by atoms with Gasteiger partial charge in [-0.3, -0.25) is 9.59 Å².